The first-order valence-electron chi connectivity index (χ1n) is 8.42. The lowest BCUT2D eigenvalue weighted by Crippen LogP contribution is -2.31. The lowest BCUT2D eigenvalue weighted by atomic mass is 10.1. The topological polar surface area (TPSA) is 37.4 Å². The SMILES string of the molecule is O=C1C(Sc2ccc(Cl)cc2)=C(c2ccc(F)cc2)C(=O)N1c1ccccc1. The van der Waals surface area contributed by atoms with Gasteiger partial charge >= 0.3 is 0 Å². The average Bonchev–Trinajstić information content (AvgIpc) is 2.95. The van der Waals surface area contributed by atoms with Gasteiger partial charge in [-0.15, -0.1) is 0 Å². The molecule has 4 rings (SSSR count). The highest BCUT2D eigenvalue weighted by Crippen LogP contribution is 2.41. The normalized spacial score (nSPS) is 14.1. The molecule has 3 aromatic carbocycles. The fraction of sp³-hybridized carbons (Fsp3) is 0. The first-order chi connectivity index (χ1) is 13.5. The summed E-state index contributed by atoms with van der Waals surface area (Å²) in [7, 11) is 0. The lowest BCUT2D eigenvalue weighted by molar-refractivity contribution is -0.119. The summed E-state index contributed by atoms with van der Waals surface area (Å²) in [5, 5.41) is 0.580. The third-order valence-electron chi connectivity index (χ3n) is 4.22. The second kappa shape index (κ2) is 7.62. The van der Waals surface area contributed by atoms with E-state index in [2.05, 4.69) is 0 Å². The van der Waals surface area contributed by atoms with E-state index < -0.39 is 17.6 Å². The van der Waals surface area contributed by atoms with Crippen LogP contribution >= 0.6 is 23.4 Å². The third kappa shape index (κ3) is 3.46. The Morgan fingerprint density at radius 2 is 1.43 bits per heavy atom. The number of benzene rings is 3. The smallest absolute Gasteiger partial charge is 0.268 e. The van der Waals surface area contributed by atoms with Crippen molar-refractivity contribution in [1.29, 1.82) is 0 Å². The maximum Gasteiger partial charge on any atom is 0.272 e. The number of amides is 2. The highest BCUT2D eigenvalue weighted by atomic mass is 35.5. The van der Waals surface area contributed by atoms with Crippen molar-refractivity contribution in [2.75, 3.05) is 4.90 Å². The van der Waals surface area contributed by atoms with Crippen LogP contribution in [0.25, 0.3) is 5.57 Å². The summed E-state index contributed by atoms with van der Waals surface area (Å²) >= 11 is 7.13. The Kier molecular flexibility index (Phi) is 5.03. The highest BCUT2D eigenvalue weighted by Gasteiger charge is 2.40. The van der Waals surface area contributed by atoms with Crippen molar-refractivity contribution in [2.45, 2.75) is 4.90 Å². The minimum Gasteiger partial charge on any atom is -0.268 e. The molecule has 0 unspecified atom stereocenters. The zero-order valence-electron chi connectivity index (χ0n) is 14.4. The number of thioether (sulfide) groups is 1. The van der Waals surface area contributed by atoms with Crippen LogP contribution in [-0.2, 0) is 9.59 Å². The number of carbonyl (C=O) groups is 2. The first-order valence-corrected chi connectivity index (χ1v) is 9.61. The zero-order valence-corrected chi connectivity index (χ0v) is 16.0. The van der Waals surface area contributed by atoms with Crippen LogP contribution in [-0.4, -0.2) is 11.8 Å². The Labute approximate surface area is 170 Å². The molecule has 0 saturated carbocycles. The number of rotatable bonds is 4. The Balaban J connectivity index is 1.81. The maximum absolute atomic E-state index is 13.4. The summed E-state index contributed by atoms with van der Waals surface area (Å²) < 4.78 is 13.4. The molecule has 0 atom stereocenters. The molecule has 3 aromatic rings. The van der Waals surface area contributed by atoms with Crippen molar-refractivity contribution >= 4 is 46.4 Å². The van der Waals surface area contributed by atoms with Gasteiger partial charge in [0.15, 0.2) is 0 Å². The Morgan fingerprint density at radius 1 is 0.786 bits per heavy atom. The van der Waals surface area contributed by atoms with E-state index in [1.165, 1.54) is 36.0 Å². The second-order valence-electron chi connectivity index (χ2n) is 6.05. The molecule has 0 aromatic heterocycles. The minimum absolute atomic E-state index is 0.258. The van der Waals surface area contributed by atoms with E-state index in [9.17, 15) is 14.0 Å². The number of nitrogens with zero attached hydrogens (tertiary/aromatic N) is 1. The molecule has 1 heterocycles. The first kappa shape index (κ1) is 18.5. The van der Waals surface area contributed by atoms with Crippen LogP contribution in [0.5, 0.6) is 0 Å². The number of carbonyl (C=O) groups excluding carboxylic acids is 2. The van der Waals surface area contributed by atoms with Crippen molar-refractivity contribution < 1.29 is 14.0 Å². The van der Waals surface area contributed by atoms with E-state index in [1.807, 2.05) is 6.07 Å². The number of para-hydroxylation sites is 1. The van der Waals surface area contributed by atoms with Gasteiger partial charge in [0.2, 0.25) is 0 Å². The summed E-state index contributed by atoms with van der Waals surface area (Å²) in [6.07, 6.45) is 0. The van der Waals surface area contributed by atoms with Gasteiger partial charge in [-0.05, 0) is 54.1 Å². The number of hydrogen-bond acceptors (Lipinski definition) is 3. The van der Waals surface area contributed by atoms with E-state index in [0.29, 0.717) is 21.2 Å². The average molecular weight is 410 g/mol. The largest absolute Gasteiger partial charge is 0.272 e. The Bertz CT molecular complexity index is 1080. The fourth-order valence-electron chi connectivity index (χ4n) is 2.91. The zero-order chi connectivity index (χ0) is 19.7. The highest BCUT2D eigenvalue weighted by molar-refractivity contribution is 8.04. The van der Waals surface area contributed by atoms with Crippen LogP contribution in [0, 0.1) is 5.82 Å². The predicted octanol–water partition coefficient (Wildman–Crippen LogP) is 5.56. The third-order valence-corrected chi connectivity index (χ3v) is 5.56. The van der Waals surface area contributed by atoms with Crippen LogP contribution in [0.4, 0.5) is 10.1 Å². The molecule has 0 aliphatic carbocycles. The van der Waals surface area contributed by atoms with Gasteiger partial charge in [-0.1, -0.05) is 53.7 Å². The van der Waals surface area contributed by atoms with Crippen LogP contribution in [0.3, 0.4) is 0 Å². The summed E-state index contributed by atoms with van der Waals surface area (Å²) in [4.78, 5) is 28.6. The molecule has 0 radical (unpaired) electrons. The van der Waals surface area contributed by atoms with Crippen molar-refractivity contribution in [3.05, 3.63) is 100 Å². The van der Waals surface area contributed by atoms with Crippen LogP contribution in [0.1, 0.15) is 5.56 Å². The number of anilines is 1. The van der Waals surface area contributed by atoms with Crippen molar-refractivity contribution in [1.82, 2.24) is 0 Å². The van der Waals surface area contributed by atoms with Gasteiger partial charge < -0.3 is 0 Å². The van der Waals surface area contributed by atoms with Gasteiger partial charge in [-0.3, -0.25) is 9.59 Å². The maximum atomic E-state index is 13.4. The van der Waals surface area contributed by atoms with Crippen molar-refractivity contribution in [3.8, 4) is 0 Å². The van der Waals surface area contributed by atoms with Gasteiger partial charge in [-0.2, -0.15) is 0 Å². The molecule has 0 N–H and O–H groups in total. The van der Waals surface area contributed by atoms with Gasteiger partial charge in [0.05, 0.1) is 16.2 Å². The van der Waals surface area contributed by atoms with Crippen molar-refractivity contribution in [3.63, 3.8) is 0 Å². The second-order valence-corrected chi connectivity index (χ2v) is 7.57. The number of imide groups is 1. The summed E-state index contributed by atoms with van der Waals surface area (Å²) in [6.45, 7) is 0. The van der Waals surface area contributed by atoms with Crippen LogP contribution in [0.2, 0.25) is 5.02 Å². The molecule has 138 valence electrons. The van der Waals surface area contributed by atoms with E-state index in [-0.39, 0.29) is 5.57 Å². The molecule has 28 heavy (non-hydrogen) atoms. The molecule has 0 spiro atoms. The summed E-state index contributed by atoms with van der Waals surface area (Å²) in [6, 6.07) is 21.3. The van der Waals surface area contributed by atoms with Crippen molar-refractivity contribution in [2.24, 2.45) is 0 Å². The van der Waals surface area contributed by atoms with E-state index >= 15 is 0 Å². The predicted molar refractivity (Wildman–Crippen MR) is 110 cm³/mol. The molecule has 2 amide bonds. The molecule has 6 heteroatoms. The molecule has 0 bridgehead atoms. The number of halogens is 2. The molecular weight excluding hydrogens is 397 g/mol. The monoisotopic (exact) mass is 409 g/mol. The van der Waals surface area contributed by atoms with Gasteiger partial charge in [0.25, 0.3) is 11.8 Å². The van der Waals surface area contributed by atoms with Gasteiger partial charge in [0.1, 0.15) is 5.82 Å². The van der Waals surface area contributed by atoms with Crippen LogP contribution in [0.15, 0.2) is 88.7 Å². The molecule has 1 aliphatic rings. The van der Waals surface area contributed by atoms with E-state index in [1.54, 1.807) is 48.5 Å². The summed E-state index contributed by atoms with van der Waals surface area (Å²) in [5.74, 6) is -1.25. The molecule has 0 fully saturated rings. The quantitative estimate of drug-likeness (QED) is 0.530. The molecule has 3 nitrogen and oxygen atoms in total. The molecule has 0 saturated heterocycles. The standard InChI is InChI=1S/C22H13ClFNO2S/c23-15-8-12-18(13-9-15)28-20-19(14-6-10-16(24)11-7-14)21(26)25(22(20)27)17-4-2-1-3-5-17/h1-13H. The van der Waals surface area contributed by atoms with Crippen LogP contribution < -0.4 is 4.90 Å². The lowest BCUT2D eigenvalue weighted by Gasteiger charge is -2.14. The molecule has 1 aliphatic heterocycles. The van der Waals surface area contributed by atoms with Gasteiger partial charge in [0, 0.05) is 9.92 Å². The molecular formula is C22H13ClFNO2S. The Hall–Kier alpha value is -2.89. The minimum atomic E-state index is -0.431. The van der Waals surface area contributed by atoms with E-state index in [0.717, 1.165) is 9.80 Å². The van der Waals surface area contributed by atoms with Gasteiger partial charge in [-0.25, -0.2) is 9.29 Å². The van der Waals surface area contributed by atoms with E-state index in [4.69, 9.17) is 11.6 Å². The fourth-order valence-corrected chi connectivity index (χ4v) is 4.03. The Morgan fingerprint density at radius 3 is 2.07 bits per heavy atom. The number of hydrogen-bond donors (Lipinski definition) is 0. The summed E-state index contributed by atoms with van der Waals surface area (Å²) in [5.41, 5.74) is 1.24.